The highest BCUT2D eigenvalue weighted by molar-refractivity contribution is 6.09. The first kappa shape index (κ1) is 48.6. The number of carbonyl (C=O) groups is 6. The van der Waals surface area contributed by atoms with E-state index >= 15 is 4.79 Å². The van der Waals surface area contributed by atoms with Crippen molar-refractivity contribution in [2.45, 2.75) is 103 Å². The van der Waals surface area contributed by atoms with Gasteiger partial charge in [-0.3, -0.25) is 19.2 Å². The van der Waals surface area contributed by atoms with Crippen LogP contribution in [0.4, 0.5) is 0 Å². The van der Waals surface area contributed by atoms with Gasteiger partial charge >= 0.3 is 23.9 Å². The van der Waals surface area contributed by atoms with Crippen LogP contribution in [0.3, 0.4) is 0 Å². The number of Topliss-reactive ketones (excluding diaryl/α,β-unsaturated/α-hetero) is 1. The van der Waals surface area contributed by atoms with E-state index in [0.29, 0.717) is 27.8 Å². The van der Waals surface area contributed by atoms with Gasteiger partial charge in [-0.25, -0.2) is 9.59 Å². The molecule has 1 aliphatic heterocycles. The molecule has 2 bridgehead atoms. The highest BCUT2D eigenvalue weighted by Gasteiger charge is 2.78. The Morgan fingerprint density at radius 2 is 1.29 bits per heavy atom. The molecule has 2 saturated carbocycles. The van der Waals surface area contributed by atoms with Gasteiger partial charge in [0.15, 0.2) is 23.3 Å². The molecule has 4 aliphatic rings. The van der Waals surface area contributed by atoms with E-state index in [1.54, 1.807) is 100 Å². The standard InChI is InChI=1S/C56H56O13/c1-34-42(66-35(2)57)31-56(63)52(64-32-39-18-12-8-13-19-39)50-54(6,51(62)49(47(34)53(56,4)5)68-46(60)29-24-37-16-10-7-11-17-37)43(30-44-55(50,33-65-44)69-36(3)58)67-45(59)28-25-38-22-26-41(27-23-38)48(61)40-20-14-9-15-21-40/h7-29,42-44,49-50,52,63H,30-33H2,1-6H3/b28-25+,29-24+/t42-,43-,44+,49+,50-,52-,54+,55-,56+/m0/s1. The summed E-state index contributed by atoms with van der Waals surface area (Å²) in [5.41, 5.74) is -3.65. The molecule has 1 N–H and O–H groups in total. The lowest BCUT2D eigenvalue weighted by atomic mass is 9.44. The third-order valence-corrected chi connectivity index (χ3v) is 14.5. The lowest BCUT2D eigenvalue weighted by Gasteiger charge is -2.68. The largest absolute Gasteiger partial charge is 0.458 e. The third kappa shape index (κ3) is 9.14. The summed E-state index contributed by atoms with van der Waals surface area (Å²) in [6.07, 6.45) is -1.57. The van der Waals surface area contributed by atoms with Crippen LogP contribution in [0.1, 0.15) is 87.0 Å². The third-order valence-electron chi connectivity index (χ3n) is 14.5. The topological polar surface area (TPSA) is 178 Å². The number of hydrogen-bond acceptors (Lipinski definition) is 13. The fraction of sp³-hybridized carbons (Fsp3) is 0.357. The molecule has 3 fully saturated rings. The second-order valence-corrected chi connectivity index (χ2v) is 19.0. The van der Waals surface area contributed by atoms with Crippen molar-refractivity contribution in [3.8, 4) is 0 Å². The number of esters is 4. The Bertz CT molecular complexity index is 2710. The van der Waals surface area contributed by atoms with E-state index in [1.165, 1.54) is 38.2 Å². The SMILES string of the molecule is CC(=O)O[C@H]1C[C@@]2(O)[C@@H](OCc3ccccc3)[C@@H]3[C@]4(OC(C)=O)CO[C@@H]4C[C@H](OC(=O)/C=C/c4ccc(C(=O)c5ccccc5)cc4)[C@@]3(C)C(=O)[C@H](OC(=O)/C=C/c3ccccc3)C(=C1C)C2(C)C. The Morgan fingerprint density at radius 1 is 0.725 bits per heavy atom. The van der Waals surface area contributed by atoms with Crippen LogP contribution >= 0.6 is 0 Å². The molecule has 4 aromatic rings. The van der Waals surface area contributed by atoms with Crippen molar-refractivity contribution in [1.82, 2.24) is 0 Å². The second-order valence-electron chi connectivity index (χ2n) is 19.0. The monoisotopic (exact) mass is 936 g/mol. The first-order valence-corrected chi connectivity index (χ1v) is 23.0. The smallest absolute Gasteiger partial charge is 0.331 e. The average molecular weight is 937 g/mol. The quantitative estimate of drug-likeness (QED) is 0.0453. The number of ketones is 2. The number of rotatable bonds is 13. The molecule has 0 unspecified atom stereocenters. The number of hydrogen-bond donors (Lipinski definition) is 1. The van der Waals surface area contributed by atoms with Crippen LogP contribution in [0.15, 0.2) is 139 Å². The Kier molecular flexibility index (Phi) is 13.6. The molecule has 1 heterocycles. The first-order valence-electron chi connectivity index (χ1n) is 23.0. The Labute approximate surface area is 401 Å². The lowest BCUT2D eigenvalue weighted by Crippen LogP contribution is -2.82. The summed E-state index contributed by atoms with van der Waals surface area (Å²) in [7, 11) is 0. The molecular weight excluding hydrogens is 881 g/mol. The summed E-state index contributed by atoms with van der Waals surface area (Å²) in [4.78, 5) is 83.8. The zero-order valence-corrected chi connectivity index (χ0v) is 39.4. The molecule has 0 amide bonds. The Hall–Kier alpha value is -6.80. The second kappa shape index (κ2) is 19.3. The van der Waals surface area contributed by atoms with Crippen molar-refractivity contribution < 1.29 is 62.3 Å². The molecule has 358 valence electrons. The summed E-state index contributed by atoms with van der Waals surface area (Å²) >= 11 is 0. The van der Waals surface area contributed by atoms with Gasteiger partial charge in [0.05, 0.1) is 24.7 Å². The first-order chi connectivity index (χ1) is 32.9. The molecule has 4 aromatic carbocycles. The van der Waals surface area contributed by atoms with Gasteiger partial charge in [0.25, 0.3) is 0 Å². The fourth-order valence-electron chi connectivity index (χ4n) is 11.0. The summed E-state index contributed by atoms with van der Waals surface area (Å²) in [6.45, 7) is 8.84. The average Bonchev–Trinajstić information content (AvgIpc) is 3.32. The van der Waals surface area contributed by atoms with Crippen molar-refractivity contribution in [2.75, 3.05) is 6.61 Å². The van der Waals surface area contributed by atoms with E-state index in [2.05, 4.69) is 0 Å². The lowest BCUT2D eigenvalue weighted by molar-refractivity contribution is -0.352. The maximum Gasteiger partial charge on any atom is 0.331 e. The van der Waals surface area contributed by atoms with Gasteiger partial charge in [-0.2, -0.15) is 0 Å². The van der Waals surface area contributed by atoms with E-state index in [9.17, 15) is 29.1 Å². The van der Waals surface area contributed by atoms with Crippen LogP contribution in [0, 0.1) is 16.7 Å². The van der Waals surface area contributed by atoms with E-state index in [0.717, 1.165) is 5.56 Å². The van der Waals surface area contributed by atoms with Gasteiger partial charge in [-0.05, 0) is 53.8 Å². The van der Waals surface area contributed by atoms with Crippen LogP contribution in [-0.4, -0.2) is 88.9 Å². The number of benzene rings is 4. The van der Waals surface area contributed by atoms with Crippen LogP contribution in [0.5, 0.6) is 0 Å². The molecule has 8 rings (SSSR count). The predicted molar refractivity (Wildman–Crippen MR) is 253 cm³/mol. The summed E-state index contributed by atoms with van der Waals surface area (Å²) in [5, 5.41) is 13.9. The minimum Gasteiger partial charge on any atom is -0.458 e. The Balaban J connectivity index is 1.26. The predicted octanol–water partition coefficient (Wildman–Crippen LogP) is 7.77. The molecule has 69 heavy (non-hydrogen) atoms. The normalized spacial score (nSPS) is 29.1. The highest BCUT2D eigenvalue weighted by Crippen LogP contribution is 2.65. The summed E-state index contributed by atoms with van der Waals surface area (Å²) in [6, 6.07) is 33.7. The van der Waals surface area contributed by atoms with E-state index < -0.39 is 88.1 Å². The van der Waals surface area contributed by atoms with E-state index in [1.807, 2.05) is 42.5 Å². The number of aliphatic hydroxyl groups is 1. The molecular formula is C56H56O13. The van der Waals surface area contributed by atoms with Crippen molar-refractivity contribution in [1.29, 1.82) is 0 Å². The number of ether oxygens (including phenoxy) is 6. The minimum absolute atomic E-state index is 0.0891. The molecule has 9 atom stereocenters. The van der Waals surface area contributed by atoms with Crippen LogP contribution in [0.25, 0.3) is 12.2 Å². The number of fused-ring (bicyclic) bond motifs is 5. The van der Waals surface area contributed by atoms with Gasteiger partial charge < -0.3 is 33.5 Å². The van der Waals surface area contributed by atoms with E-state index in [-0.39, 0.29) is 37.4 Å². The van der Waals surface area contributed by atoms with Crippen molar-refractivity contribution in [3.63, 3.8) is 0 Å². The molecule has 0 aromatic heterocycles. The molecule has 3 aliphatic carbocycles. The summed E-state index contributed by atoms with van der Waals surface area (Å²) in [5.74, 6) is -5.34. The molecule has 0 radical (unpaired) electrons. The van der Waals surface area contributed by atoms with Gasteiger partial charge in [0.2, 0.25) is 0 Å². The molecule has 1 saturated heterocycles. The van der Waals surface area contributed by atoms with Gasteiger partial charge in [0, 0.05) is 61.3 Å². The van der Waals surface area contributed by atoms with Crippen molar-refractivity contribution in [2.24, 2.45) is 16.7 Å². The van der Waals surface area contributed by atoms with Gasteiger partial charge in [-0.15, -0.1) is 0 Å². The maximum absolute atomic E-state index is 16.3. The minimum atomic E-state index is -2.08. The molecule has 13 nitrogen and oxygen atoms in total. The fourth-order valence-corrected chi connectivity index (χ4v) is 11.0. The zero-order valence-electron chi connectivity index (χ0n) is 39.4. The number of carbonyl (C=O) groups excluding carboxylic acids is 6. The summed E-state index contributed by atoms with van der Waals surface area (Å²) < 4.78 is 38.0. The molecule has 13 heteroatoms. The Morgan fingerprint density at radius 3 is 1.87 bits per heavy atom. The van der Waals surface area contributed by atoms with E-state index in [4.69, 9.17) is 28.4 Å². The van der Waals surface area contributed by atoms with Crippen LogP contribution < -0.4 is 0 Å². The van der Waals surface area contributed by atoms with Crippen LogP contribution in [-0.2, 0) is 59.0 Å². The highest BCUT2D eigenvalue weighted by atomic mass is 16.6. The van der Waals surface area contributed by atoms with Crippen LogP contribution in [0.2, 0.25) is 0 Å². The molecule has 0 spiro atoms. The maximum atomic E-state index is 16.3. The zero-order chi connectivity index (χ0) is 49.3. The van der Waals surface area contributed by atoms with Crippen molar-refractivity contribution >= 4 is 47.6 Å². The van der Waals surface area contributed by atoms with Crippen molar-refractivity contribution in [3.05, 3.63) is 166 Å². The van der Waals surface area contributed by atoms with Gasteiger partial charge in [-0.1, -0.05) is 129 Å². The van der Waals surface area contributed by atoms with Gasteiger partial charge in [0.1, 0.15) is 23.9 Å².